The molecule has 6 heteroatoms. The number of hydrogen-bond donors (Lipinski definition) is 3. The van der Waals surface area contributed by atoms with E-state index in [1.807, 2.05) is 0 Å². The van der Waals surface area contributed by atoms with Gasteiger partial charge in [0.15, 0.2) is 0 Å². The molecule has 0 aliphatic heterocycles. The van der Waals surface area contributed by atoms with Crippen LogP contribution in [0.2, 0.25) is 0 Å². The quantitative estimate of drug-likeness (QED) is 0.735. The SMILES string of the molecule is CCC(C)(CNc1nc(C)cc(C)c1C(N)=O)C(=O)O. The van der Waals surface area contributed by atoms with E-state index in [0.717, 1.165) is 11.3 Å². The molecule has 1 amide bonds. The van der Waals surface area contributed by atoms with E-state index in [-0.39, 0.29) is 6.54 Å². The predicted octanol–water partition coefficient (Wildman–Crippen LogP) is 1.71. The fraction of sp³-hybridized carbons (Fsp3) is 0.500. The Hall–Kier alpha value is -2.11. The minimum atomic E-state index is -0.922. The Morgan fingerprint density at radius 1 is 1.45 bits per heavy atom. The molecule has 0 spiro atoms. The number of aromatic nitrogens is 1. The number of primary amides is 1. The van der Waals surface area contributed by atoms with Gasteiger partial charge in [-0.3, -0.25) is 9.59 Å². The van der Waals surface area contributed by atoms with Crippen LogP contribution in [0, 0.1) is 19.3 Å². The Labute approximate surface area is 118 Å². The molecule has 1 heterocycles. The first-order valence-corrected chi connectivity index (χ1v) is 6.46. The highest BCUT2D eigenvalue weighted by molar-refractivity contribution is 5.99. The van der Waals surface area contributed by atoms with E-state index < -0.39 is 17.3 Å². The molecule has 0 radical (unpaired) electrons. The monoisotopic (exact) mass is 279 g/mol. The minimum Gasteiger partial charge on any atom is -0.481 e. The maximum Gasteiger partial charge on any atom is 0.311 e. The number of carbonyl (C=O) groups excluding carboxylic acids is 1. The third-order valence-corrected chi connectivity index (χ3v) is 3.53. The van der Waals surface area contributed by atoms with Crippen LogP contribution in [-0.4, -0.2) is 28.5 Å². The first kappa shape index (κ1) is 15.9. The third kappa shape index (κ3) is 3.26. The molecular weight excluding hydrogens is 258 g/mol. The van der Waals surface area contributed by atoms with Crippen molar-refractivity contribution in [1.82, 2.24) is 4.98 Å². The van der Waals surface area contributed by atoms with Crippen molar-refractivity contribution in [1.29, 1.82) is 0 Å². The lowest BCUT2D eigenvalue weighted by Gasteiger charge is -2.24. The number of nitrogens with one attached hydrogen (secondary N) is 1. The molecular formula is C14H21N3O3. The first-order valence-electron chi connectivity index (χ1n) is 6.46. The largest absolute Gasteiger partial charge is 0.481 e. The van der Waals surface area contributed by atoms with E-state index in [9.17, 15) is 14.7 Å². The maximum atomic E-state index is 11.5. The number of hydrogen-bond acceptors (Lipinski definition) is 4. The number of carbonyl (C=O) groups is 2. The van der Waals surface area contributed by atoms with Crippen LogP contribution < -0.4 is 11.1 Å². The second-order valence-corrected chi connectivity index (χ2v) is 5.24. The molecule has 1 atom stereocenters. The summed E-state index contributed by atoms with van der Waals surface area (Å²) in [6.07, 6.45) is 0.464. The molecule has 0 bridgehead atoms. The highest BCUT2D eigenvalue weighted by Crippen LogP contribution is 2.24. The molecule has 1 aromatic rings. The molecule has 20 heavy (non-hydrogen) atoms. The molecule has 0 aliphatic rings. The van der Waals surface area contributed by atoms with Gasteiger partial charge in [-0.2, -0.15) is 0 Å². The normalized spacial score (nSPS) is 13.6. The average Bonchev–Trinajstić information content (AvgIpc) is 2.34. The number of nitrogens with two attached hydrogens (primary N) is 1. The van der Waals surface area contributed by atoms with E-state index in [4.69, 9.17) is 5.73 Å². The van der Waals surface area contributed by atoms with Crippen LogP contribution in [0.5, 0.6) is 0 Å². The second-order valence-electron chi connectivity index (χ2n) is 5.24. The molecule has 0 saturated carbocycles. The standard InChI is InChI=1S/C14H21N3O3/c1-5-14(4,13(19)20)7-16-12-10(11(15)18)8(2)6-9(3)17-12/h6H,5,7H2,1-4H3,(H2,15,18)(H,16,17)(H,19,20). The molecule has 0 fully saturated rings. The topological polar surface area (TPSA) is 105 Å². The van der Waals surface area contributed by atoms with Gasteiger partial charge in [-0.15, -0.1) is 0 Å². The Morgan fingerprint density at radius 2 is 2.05 bits per heavy atom. The van der Waals surface area contributed by atoms with E-state index in [2.05, 4.69) is 10.3 Å². The van der Waals surface area contributed by atoms with Crippen LogP contribution in [0.1, 0.15) is 41.9 Å². The summed E-state index contributed by atoms with van der Waals surface area (Å²) < 4.78 is 0. The Balaban J connectivity index is 3.09. The van der Waals surface area contributed by atoms with Crippen LogP contribution in [0.4, 0.5) is 5.82 Å². The lowest BCUT2D eigenvalue weighted by molar-refractivity contribution is -0.147. The molecule has 110 valence electrons. The number of anilines is 1. The number of amides is 1. The lowest BCUT2D eigenvalue weighted by Crippen LogP contribution is -2.35. The van der Waals surface area contributed by atoms with Gasteiger partial charge in [-0.05, 0) is 38.8 Å². The minimum absolute atomic E-state index is 0.176. The number of carboxylic acids is 1. The van der Waals surface area contributed by atoms with Crippen LogP contribution in [0.15, 0.2) is 6.07 Å². The number of pyridine rings is 1. The summed E-state index contributed by atoms with van der Waals surface area (Å²) in [6, 6.07) is 1.77. The predicted molar refractivity (Wildman–Crippen MR) is 76.8 cm³/mol. The molecule has 1 unspecified atom stereocenters. The molecule has 1 rings (SSSR count). The number of carboxylic acid groups (broad SMARTS) is 1. The fourth-order valence-corrected chi connectivity index (χ4v) is 1.91. The summed E-state index contributed by atoms with van der Waals surface area (Å²) in [5, 5.41) is 12.2. The van der Waals surface area contributed by atoms with Crippen LogP contribution >= 0.6 is 0 Å². The Kier molecular flexibility index (Phi) is 4.70. The average molecular weight is 279 g/mol. The third-order valence-electron chi connectivity index (χ3n) is 3.53. The number of rotatable bonds is 6. The summed E-state index contributed by atoms with van der Waals surface area (Å²) in [7, 11) is 0. The molecule has 0 aromatic carbocycles. The lowest BCUT2D eigenvalue weighted by atomic mass is 9.87. The van der Waals surface area contributed by atoms with E-state index in [1.54, 1.807) is 33.8 Å². The van der Waals surface area contributed by atoms with Gasteiger partial charge in [0.1, 0.15) is 5.82 Å². The molecule has 0 saturated heterocycles. The number of nitrogens with zero attached hydrogens (tertiary/aromatic N) is 1. The number of aliphatic carboxylic acids is 1. The smallest absolute Gasteiger partial charge is 0.311 e. The van der Waals surface area contributed by atoms with Crippen molar-refractivity contribution in [2.24, 2.45) is 11.1 Å². The van der Waals surface area contributed by atoms with Crippen molar-refractivity contribution in [2.75, 3.05) is 11.9 Å². The zero-order chi connectivity index (χ0) is 15.5. The van der Waals surface area contributed by atoms with Crippen LogP contribution in [0.3, 0.4) is 0 Å². The zero-order valence-electron chi connectivity index (χ0n) is 12.3. The molecule has 6 nitrogen and oxygen atoms in total. The Bertz CT molecular complexity index is 543. The summed E-state index contributed by atoms with van der Waals surface area (Å²) in [5.41, 5.74) is 6.21. The summed E-state index contributed by atoms with van der Waals surface area (Å²) in [5.74, 6) is -1.13. The van der Waals surface area contributed by atoms with E-state index >= 15 is 0 Å². The highest BCUT2D eigenvalue weighted by atomic mass is 16.4. The van der Waals surface area contributed by atoms with Gasteiger partial charge in [-0.25, -0.2) is 4.98 Å². The fourth-order valence-electron chi connectivity index (χ4n) is 1.91. The maximum absolute atomic E-state index is 11.5. The van der Waals surface area contributed by atoms with E-state index in [0.29, 0.717) is 17.8 Å². The van der Waals surface area contributed by atoms with Crippen molar-refractivity contribution < 1.29 is 14.7 Å². The van der Waals surface area contributed by atoms with Crippen LogP contribution in [0.25, 0.3) is 0 Å². The Morgan fingerprint density at radius 3 is 2.50 bits per heavy atom. The summed E-state index contributed by atoms with van der Waals surface area (Å²) in [4.78, 5) is 27.0. The number of aryl methyl sites for hydroxylation is 2. The van der Waals surface area contributed by atoms with Gasteiger partial charge in [0.2, 0.25) is 0 Å². The van der Waals surface area contributed by atoms with Crippen molar-refractivity contribution >= 4 is 17.7 Å². The van der Waals surface area contributed by atoms with Crippen molar-refractivity contribution in [3.63, 3.8) is 0 Å². The molecule has 1 aromatic heterocycles. The van der Waals surface area contributed by atoms with Crippen molar-refractivity contribution in [3.05, 3.63) is 22.9 Å². The zero-order valence-corrected chi connectivity index (χ0v) is 12.3. The van der Waals surface area contributed by atoms with Crippen LogP contribution in [-0.2, 0) is 4.79 Å². The van der Waals surface area contributed by atoms with Crippen molar-refractivity contribution in [2.45, 2.75) is 34.1 Å². The second kappa shape index (κ2) is 5.90. The first-order chi connectivity index (χ1) is 9.21. The summed E-state index contributed by atoms with van der Waals surface area (Å²) in [6.45, 7) is 7.21. The van der Waals surface area contributed by atoms with Crippen molar-refractivity contribution in [3.8, 4) is 0 Å². The highest BCUT2D eigenvalue weighted by Gasteiger charge is 2.31. The van der Waals surface area contributed by atoms with Gasteiger partial charge in [-0.1, -0.05) is 6.92 Å². The van der Waals surface area contributed by atoms with E-state index in [1.165, 1.54) is 0 Å². The van der Waals surface area contributed by atoms with Gasteiger partial charge in [0, 0.05) is 12.2 Å². The van der Waals surface area contributed by atoms with Gasteiger partial charge >= 0.3 is 5.97 Å². The van der Waals surface area contributed by atoms with Gasteiger partial charge < -0.3 is 16.2 Å². The summed E-state index contributed by atoms with van der Waals surface area (Å²) >= 11 is 0. The molecule has 0 aliphatic carbocycles. The molecule has 4 N–H and O–H groups in total. The van der Waals surface area contributed by atoms with Gasteiger partial charge in [0.25, 0.3) is 5.91 Å². The van der Waals surface area contributed by atoms with Gasteiger partial charge in [0.05, 0.1) is 11.0 Å².